The maximum absolute atomic E-state index is 13.2. The van der Waals surface area contributed by atoms with E-state index < -0.39 is 0 Å². The second-order valence-corrected chi connectivity index (χ2v) is 9.54. The molecule has 3 aromatic rings. The van der Waals surface area contributed by atoms with Crippen molar-refractivity contribution in [2.75, 3.05) is 31.8 Å². The van der Waals surface area contributed by atoms with Crippen LogP contribution in [0.1, 0.15) is 37.1 Å². The van der Waals surface area contributed by atoms with Crippen LogP contribution in [0.4, 0.5) is 10.2 Å². The monoisotopic (exact) mass is 493 g/mol. The predicted octanol–water partition coefficient (Wildman–Crippen LogP) is 5.62. The van der Waals surface area contributed by atoms with Crippen LogP contribution in [0.15, 0.2) is 18.2 Å². The summed E-state index contributed by atoms with van der Waals surface area (Å²) in [5.74, 6) is 1.69. The molecule has 6 nitrogen and oxygen atoms in total. The molecular formula is C24H30Cl2FN5O. The molecule has 33 heavy (non-hydrogen) atoms. The van der Waals surface area contributed by atoms with Crippen LogP contribution in [0.5, 0.6) is 5.75 Å². The lowest BCUT2D eigenvalue weighted by atomic mass is 9.86. The van der Waals surface area contributed by atoms with Crippen LogP contribution < -0.4 is 15.4 Å². The maximum Gasteiger partial charge on any atom is 0.165 e. The zero-order chi connectivity index (χ0) is 23.7. The minimum absolute atomic E-state index is 0.165. The van der Waals surface area contributed by atoms with Crippen molar-refractivity contribution in [1.82, 2.24) is 14.6 Å². The molecule has 178 valence electrons. The molecule has 0 aliphatic heterocycles. The van der Waals surface area contributed by atoms with E-state index in [0.29, 0.717) is 40.1 Å². The zero-order valence-electron chi connectivity index (χ0n) is 19.2. The van der Waals surface area contributed by atoms with Crippen molar-refractivity contribution in [2.45, 2.75) is 45.6 Å². The first kappa shape index (κ1) is 24.0. The third-order valence-corrected chi connectivity index (χ3v) is 7.11. The minimum atomic E-state index is -0.243. The van der Waals surface area contributed by atoms with Gasteiger partial charge in [-0.15, -0.1) is 0 Å². The molecule has 1 aliphatic carbocycles. The number of hydrogen-bond acceptors (Lipinski definition) is 5. The average molecular weight is 494 g/mol. The Balaban J connectivity index is 1.85. The van der Waals surface area contributed by atoms with Crippen molar-refractivity contribution in [1.29, 1.82) is 0 Å². The van der Waals surface area contributed by atoms with Gasteiger partial charge in [0.1, 0.15) is 11.6 Å². The molecule has 1 fully saturated rings. The number of nitrogens with two attached hydrogens (primary N) is 1. The number of nitrogens with zero attached hydrogens (tertiary/aromatic N) is 4. The van der Waals surface area contributed by atoms with Gasteiger partial charge in [0.15, 0.2) is 5.65 Å². The van der Waals surface area contributed by atoms with Gasteiger partial charge in [-0.05, 0) is 57.6 Å². The highest BCUT2D eigenvalue weighted by Crippen LogP contribution is 2.42. The highest BCUT2D eigenvalue weighted by molar-refractivity contribution is 6.39. The molecule has 2 N–H and O–H groups in total. The third-order valence-electron chi connectivity index (χ3n) is 6.51. The van der Waals surface area contributed by atoms with Gasteiger partial charge in [0.2, 0.25) is 0 Å². The predicted molar refractivity (Wildman–Crippen MR) is 133 cm³/mol. The molecule has 2 aromatic heterocycles. The van der Waals surface area contributed by atoms with E-state index in [2.05, 4.69) is 4.90 Å². The molecular weight excluding hydrogens is 464 g/mol. The summed E-state index contributed by atoms with van der Waals surface area (Å²) in [7, 11) is 1.58. The molecule has 0 unspecified atom stereocenters. The molecule has 4 rings (SSSR count). The lowest BCUT2D eigenvalue weighted by molar-refractivity contribution is 0.258. The van der Waals surface area contributed by atoms with Crippen LogP contribution in [0.2, 0.25) is 10.0 Å². The summed E-state index contributed by atoms with van der Waals surface area (Å²) in [6, 6.07) is 5.80. The molecule has 1 aliphatic rings. The number of fused-ring (bicyclic) bond motifs is 1. The first-order valence-corrected chi connectivity index (χ1v) is 12.1. The van der Waals surface area contributed by atoms with Gasteiger partial charge in [0, 0.05) is 36.5 Å². The van der Waals surface area contributed by atoms with Crippen molar-refractivity contribution in [2.24, 2.45) is 11.7 Å². The zero-order valence-corrected chi connectivity index (χ0v) is 20.8. The van der Waals surface area contributed by atoms with E-state index >= 15 is 0 Å². The van der Waals surface area contributed by atoms with Crippen LogP contribution in [-0.2, 0) is 0 Å². The van der Waals surface area contributed by atoms with Crippen molar-refractivity contribution in [3.05, 3.63) is 39.6 Å². The number of halogens is 3. The second kappa shape index (κ2) is 10.0. The Kier molecular flexibility index (Phi) is 7.31. The topological polar surface area (TPSA) is 68.7 Å². The summed E-state index contributed by atoms with van der Waals surface area (Å²) >= 11 is 13.3. The van der Waals surface area contributed by atoms with E-state index in [9.17, 15) is 4.39 Å². The maximum atomic E-state index is 13.2. The van der Waals surface area contributed by atoms with Gasteiger partial charge < -0.3 is 15.4 Å². The van der Waals surface area contributed by atoms with Gasteiger partial charge in [0.05, 0.1) is 35.1 Å². The number of rotatable bonds is 7. The van der Waals surface area contributed by atoms with E-state index in [4.69, 9.17) is 43.8 Å². The highest BCUT2D eigenvalue weighted by atomic mass is 35.5. The minimum Gasteiger partial charge on any atom is -0.497 e. The molecule has 9 heteroatoms. The first-order chi connectivity index (χ1) is 15.9. The SMILES string of the molecule is COc1cc(Cl)c(-c2c(C)nn3c(N(CCN)C4CCC(CF)CC4)cc(C)nc23)c(Cl)c1. The summed E-state index contributed by atoms with van der Waals surface area (Å²) in [4.78, 5) is 7.12. The number of aryl methyl sites for hydroxylation is 2. The Morgan fingerprint density at radius 3 is 2.36 bits per heavy atom. The Morgan fingerprint density at radius 2 is 1.79 bits per heavy atom. The number of anilines is 1. The lowest BCUT2D eigenvalue weighted by Gasteiger charge is -2.37. The number of methoxy groups -OCH3 is 1. The summed E-state index contributed by atoms with van der Waals surface area (Å²) in [6.45, 7) is 4.84. The second-order valence-electron chi connectivity index (χ2n) is 8.73. The van der Waals surface area contributed by atoms with Crippen LogP contribution in [0.3, 0.4) is 0 Å². The van der Waals surface area contributed by atoms with E-state index in [1.165, 1.54) is 0 Å². The number of alkyl halides is 1. The lowest BCUT2D eigenvalue weighted by Crippen LogP contribution is -2.42. The quantitative estimate of drug-likeness (QED) is 0.462. The van der Waals surface area contributed by atoms with E-state index in [0.717, 1.165) is 48.5 Å². The van der Waals surface area contributed by atoms with E-state index in [1.807, 2.05) is 24.4 Å². The van der Waals surface area contributed by atoms with Gasteiger partial charge in [-0.1, -0.05) is 23.2 Å². The smallest absolute Gasteiger partial charge is 0.165 e. The number of aromatic nitrogens is 3. The Morgan fingerprint density at radius 1 is 1.12 bits per heavy atom. The van der Waals surface area contributed by atoms with Crippen molar-refractivity contribution < 1.29 is 9.13 Å². The van der Waals surface area contributed by atoms with Crippen LogP contribution in [0, 0.1) is 19.8 Å². The Labute approximate surface area is 203 Å². The van der Waals surface area contributed by atoms with Crippen molar-refractivity contribution in [3.63, 3.8) is 0 Å². The Hall–Kier alpha value is -2.09. The van der Waals surface area contributed by atoms with Crippen LogP contribution >= 0.6 is 23.2 Å². The normalized spacial score (nSPS) is 18.6. The first-order valence-electron chi connectivity index (χ1n) is 11.3. The Bertz CT molecular complexity index is 1120. The number of benzene rings is 1. The fourth-order valence-corrected chi connectivity index (χ4v) is 5.52. The van der Waals surface area contributed by atoms with Gasteiger partial charge in [-0.25, -0.2) is 4.98 Å². The molecule has 0 saturated heterocycles. The fraction of sp³-hybridized carbons (Fsp3) is 0.500. The molecule has 0 atom stereocenters. The molecule has 1 saturated carbocycles. The van der Waals surface area contributed by atoms with E-state index in [1.54, 1.807) is 19.2 Å². The van der Waals surface area contributed by atoms with Crippen LogP contribution in [0.25, 0.3) is 16.8 Å². The molecule has 1 aromatic carbocycles. The molecule has 0 bridgehead atoms. The van der Waals surface area contributed by atoms with Gasteiger partial charge in [-0.2, -0.15) is 9.61 Å². The largest absolute Gasteiger partial charge is 0.497 e. The molecule has 0 radical (unpaired) electrons. The third kappa shape index (κ3) is 4.63. The summed E-state index contributed by atoms with van der Waals surface area (Å²) in [5, 5.41) is 5.80. The van der Waals surface area contributed by atoms with Gasteiger partial charge in [-0.3, -0.25) is 4.39 Å². The summed E-state index contributed by atoms with van der Waals surface area (Å²) in [6.07, 6.45) is 3.63. The standard InChI is InChI=1S/C24H30Cl2FN5O/c1-14-10-21(31(9-8-28)17-6-4-16(13-27)5-7-17)32-24(29-14)22(15(2)30-32)23-19(25)11-18(33-3)12-20(23)26/h10-12,16-17H,4-9,13,28H2,1-3H3. The number of ether oxygens (including phenoxy) is 1. The number of hydrogen-bond donors (Lipinski definition) is 1. The highest BCUT2D eigenvalue weighted by Gasteiger charge is 2.29. The van der Waals surface area contributed by atoms with Crippen molar-refractivity contribution >= 4 is 34.7 Å². The van der Waals surface area contributed by atoms with Gasteiger partial charge >= 0.3 is 0 Å². The summed E-state index contributed by atoms with van der Waals surface area (Å²) < 4.78 is 20.3. The summed E-state index contributed by atoms with van der Waals surface area (Å²) in [5.41, 5.74) is 9.82. The van der Waals surface area contributed by atoms with Gasteiger partial charge in [0.25, 0.3) is 0 Å². The fourth-order valence-electron chi connectivity index (χ4n) is 4.86. The van der Waals surface area contributed by atoms with Crippen LogP contribution in [-0.4, -0.2) is 47.5 Å². The molecule has 0 spiro atoms. The average Bonchev–Trinajstić information content (AvgIpc) is 3.12. The molecule has 2 heterocycles. The molecule has 0 amide bonds. The van der Waals surface area contributed by atoms with Crippen molar-refractivity contribution in [3.8, 4) is 16.9 Å². The van der Waals surface area contributed by atoms with E-state index in [-0.39, 0.29) is 18.6 Å².